The van der Waals surface area contributed by atoms with E-state index in [1.54, 1.807) is 17.5 Å². The molecule has 0 aliphatic rings. The van der Waals surface area contributed by atoms with Gasteiger partial charge in [0.25, 0.3) is 0 Å². The first kappa shape index (κ1) is 7.71. The van der Waals surface area contributed by atoms with Gasteiger partial charge >= 0.3 is 0 Å². The lowest BCUT2D eigenvalue weighted by atomic mass is 10.2. The molecule has 0 amide bonds. The molecule has 4 heteroatoms. The summed E-state index contributed by atoms with van der Waals surface area (Å²) in [4.78, 5) is 14.5. The van der Waals surface area contributed by atoms with E-state index < -0.39 is 0 Å². The predicted molar refractivity (Wildman–Crippen MR) is 50.0 cm³/mol. The van der Waals surface area contributed by atoms with E-state index in [4.69, 9.17) is 11.6 Å². The minimum Gasteiger partial charge on any atom is -0.298 e. The number of pyridine rings is 1. The monoisotopic (exact) mass is 197 g/mol. The molecule has 0 fully saturated rings. The van der Waals surface area contributed by atoms with Crippen LogP contribution in [0.4, 0.5) is 0 Å². The quantitative estimate of drug-likeness (QED) is 0.520. The molecule has 0 radical (unpaired) electrons. The van der Waals surface area contributed by atoms with Crippen LogP contribution < -0.4 is 0 Å². The number of halogens is 1. The Morgan fingerprint density at radius 2 is 2.42 bits per heavy atom. The van der Waals surface area contributed by atoms with Crippen LogP contribution in [0, 0.1) is 0 Å². The maximum atomic E-state index is 10.6. The highest BCUT2D eigenvalue weighted by molar-refractivity contribution is 7.17. The van der Waals surface area contributed by atoms with Crippen molar-refractivity contribution in [1.82, 2.24) is 4.98 Å². The molecule has 2 rings (SSSR count). The topological polar surface area (TPSA) is 30.0 Å². The van der Waals surface area contributed by atoms with E-state index in [2.05, 4.69) is 4.98 Å². The van der Waals surface area contributed by atoms with Gasteiger partial charge in [-0.2, -0.15) is 0 Å². The summed E-state index contributed by atoms with van der Waals surface area (Å²) >= 11 is 7.27. The van der Waals surface area contributed by atoms with E-state index in [9.17, 15) is 4.79 Å². The number of carbonyl (C=O) groups is 1. The molecule has 0 aromatic carbocycles. The first-order valence-electron chi connectivity index (χ1n) is 3.30. The smallest absolute Gasteiger partial charge is 0.153 e. The highest BCUT2D eigenvalue weighted by Crippen LogP contribution is 2.26. The Kier molecular flexibility index (Phi) is 1.83. The lowest BCUT2D eigenvalue weighted by Gasteiger charge is -1.95. The maximum Gasteiger partial charge on any atom is 0.153 e. The number of carbonyl (C=O) groups excluding carboxylic acids is 1. The molecule has 2 nitrogen and oxygen atoms in total. The molecule has 2 heterocycles. The average molecular weight is 198 g/mol. The Morgan fingerprint density at radius 1 is 1.58 bits per heavy atom. The van der Waals surface area contributed by atoms with Gasteiger partial charge in [-0.3, -0.25) is 4.79 Å². The van der Waals surface area contributed by atoms with Crippen LogP contribution in [0.3, 0.4) is 0 Å². The fourth-order valence-corrected chi connectivity index (χ4v) is 2.02. The third-order valence-electron chi connectivity index (χ3n) is 1.62. The number of fused-ring (bicyclic) bond motifs is 1. The number of rotatable bonds is 1. The van der Waals surface area contributed by atoms with E-state index in [0.717, 1.165) is 16.4 Å². The molecule has 0 saturated carbocycles. The fraction of sp³-hybridized carbons (Fsp3) is 0. The standard InChI is InChI=1S/C8H4ClNOS/c9-8-6(4-11)5-1-2-12-7(5)3-10-8/h1-4H. The minimum absolute atomic E-state index is 0.274. The zero-order chi connectivity index (χ0) is 8.55. The number of aldehydes is 1. The number of nitrogens with zero attached hydrogens (tertiary/aromatic N) is 1. The van der Waals surface area contributed by atoms with Crippen molar-refractivity contribution < 1.29 is 4.79 Å². The van der Waals surface area contributed by atoms with E-state index in [0.29, 0.717) is 5.56 Å². The Bertz CT molecular complexity index is 438. The molecule has 12 heavy (non-hydrogen) atoms. The van der Waals surface area contributed by atoms with Gasteiger partial charge in [0.15, 0.2) is 6.29 Å². The Labute approximate surface area is 77.8 Å². The highest BCUT2D eigenvalue weighted by Gasteiger charge is 2.06. The van der Waals surface area contributed by atoms with E-state index in [-0.39, 0.29) is 5.15 Å². The zero-order valence-electron chi connectivity index (χ0n) is 5.95. The van der Waals surface area contributed by atoms with Crippen LogP contribution >= 0.6 is 22.9 Å². The summed E-state index contributed by atoms with van der Waals surface area (Å²) in [5, 5.41) is 3.07. The third-order valence-corrected chi connectivity index (χ3v) is 2.77. The van der Waals surface area contributed by atoms with Crippen molar-refractivity contribution in [1.29, 1.82) is 0 Å². The van der Waals surface area contributed by atoms with Crippen molar-refractivity contribution >= 4 is 39.3 Å². The summed E-state index contributed by atoms with van der Waals surface area (Å²) in [5.41, 5.74) is 0.482. The van der Waals surface area contributed by atoms with Crippen molar-refractivity contribution in [3.05, 3.63) is 28.4 Å². The fourth-order valence-electron chi connectivity index (χ4n) is 1.05. The molecule has 2 aromatic heterocycles. The molecular formula is C8H4ClNOS. The summed E-state index contributed by atoms with van der Waals surface area (Å²) < 4.78 is 0.988. The van der Waals surface area contributed by atoms with Gasteiger partial charge in [-0.15, -0.1) is 11.3 Å². The van der Waals surface area contributed by atoms with Crippen LogP contribution in [0.25, 0.3) is 10.1 Å². The van der Waals surface area contributed by atoms with E-state index in [1.807, 2.05) is 11.4 Å². The van der Waals surface area contributed by atoms with Crippen molar-refractivity contribution in [2.75, 3.05) is 0 Å². The van der Waals surface area contributed by atoms with Gasteiger partial charge in [-0.1, -0.05) is 11.6 Å². The zero-order valence-corrected chi connectivity index (χ0v) is 7.52. The number of thiophene rings is 1. The highest BCUT2D eigenvalue weighted by atomic mass is 35.5. The molecule has 2 aromatic rings. The van der Waals surface area contributed by atoms with E-state index in [1.165, 1.54) is 0 Å². The van der Waals surface area contributed by atoms with Crippen molar-refractivity contribution in [3.8, 4) is 0 Å². The van der Waals surface area contributed by atoms with Crippen molar-refractivity contribution in [2.24, 2.45) is 0 Å². The van der Waals surface area contributed by atoms with Crippen LogP contribution in [0.5, 0.6) is 0 Å². The van der Waals surface area contributed by atoms with Crippen molar-refractivity contribution in [2.45, 2.75) is 0 Å². The largest absolute Gasteiger partial charge is 0.298 e. The Balaban J connectivity index is 2.91. The van der Waals surface area contributed by atoms with Gasteiger partial charge in [-0.25, -0.2) is 4.98 Å². The summed E-state index contributed by atoms with van der Waals surface area (Å²) in [7, 11) is 0. The Morgan fingerprint density at radius 3 is 3.17 bits per heavy atom. The molecule has 0 aliphatic carbocycles. The molecule has 0 atom stereocenters. The van der Waals surface area contributed by atoms with Crippen LogP contribution in [0.15, 0.2) is 17.6 Å². The van der Waals surface area contributed by atoms with Crippen LogP contribution in [-0.2, 0) is 0 Å². The Hall–Kier alpha value is -0.930. The molecule has 0 N–H and O–H groups in total. The van der Waals surface area contributed by atoms with Crippen LogP contribution in [0.2, 0.25) is 5.15 Å². The number of hydrogen-bond donors (Lipinski definition) is 0. The van der Waals surface area contributed by atoms with Crippen LogP contribution in [0.1, 0.15) is 10.4 Å². The third kappa shape index (κ3) is 1.02. The second-order valence-corrected chi connectivity index (χ2v) is 3.58. The van der Waals surface area contributed by atoms with E-state index >= 15 is 0 Å². The molecule has 0 aliphatic heterocycles. The normalized spacial score (nSPS) is 10.4. The second-order valence-electron chi connectivity index (χ2n) is 2.28. The molecular weight excluding hydrogens is 194 g/mol. The summed E-state index contributed by atoms with van der Waals surface area (Å²) in [6.45, 7) is 0. The average Bonchev–Trinajstić information content (AvgIpc) is 2.52. The maximum absolute atomic E-state index is 10.6. The molecule has 60 valence electrons. The van der Waals surface area contributed by atoms with Gasteiger partial charge in [0.05, 0.1) is 10.3 Å². The van der Waals surface area contributed by atoms with Gasteiger partial charge < -0.3 is 0 Å². The lowest BCUT2D eigenvalue weighted by Crippen LogP contribution is -1.85. The van der Waals surface area contributed by atoms with Gasteiger partial charge in [0.2, 0.25) is 0 Å². The first-order chi connectivity index (χ1) is 5.83. The molecule has 0 bridgehead atoms. The number of hydrogen-bond acceptors (Lipinski definition) is 3. The summed E-state index contributed by atoms with van der Waals surface area (Å²) in [6.07, 6.45) is 2.42. The summed E-state index contributed by atoms with van der Waals surface area (Å²) in [5.74, 6) is 0. The molecule has 0 unspecified atom stereocenters. The summed E-state index contributed by atoms with van der Waals surface area (Å²) in [6, 6.07) is 1.87. The molecule has 0 spiro atoms. The van der Waals surface area contributed by atoms with Crippen molar-refractivity contribution in [3.63, 3.8) is 0 Å². The van der Waals surface area contributed by atoms with Crippen LogP contribution in [-0.4, -0.2) is 11.3 Å². The van der Waals surface area contributed by atoms with Gasteiger partial charge in [0.1, 0.15) is 5.15 Å². The first-order valence-corrected chi connectivity index (χ1v) is 4.55. The minimum atomic E-state index is 0.274. The molecule has 0 saturated heterocycles. The lowest BCUT2D eigenvalue weighted by molar-refractivity contribution is 0.112. The second kappa shape index (κ2) is 2.84. The predicted octanol–water partition coefficient (Wildman–Crippen LogP) is 2.76. The SMILES string of the molecule is O=Cc1c(Cl)ncc2sccc12. The number of aromatic nitrogens is 1. The van der Waals surface area contributed by atoms with Gasteiger partial charge in [-0.05, 0) is 11.4 Å². The van der Waals surface area contributed by atoms with Gasteiger partial charge in [0, 0.05) is 11.6 Å².